The third-order valence-electron chi connectivity index (χ3n) is 4.83. The van der Waals surface area contributed by atoms with E-state index in [9.17, 15) is 27.2 Å². The molecule has 3 rings (SSSR count). The summed E-state index contributed by atoms with van der Waals surface area (Å²) in [4.78, 5) is 29.9. The van der Waals surface area contributed by atoms with Crippen molar-refractivity contribution >= 4 is 5.82 Å². The zero-order chi connectivity index (χ0) is 20.5. The standard InChI is InChI=1S/C18H20F4N4O2/c1-24-16(27)10-15(23-17(24)28)26-6-2-5-25(7-8-26)11-12-9-13(18(20,21)22)3-4-14(12)19/h3-4,9-10H,2,5-8,11H2,1H3,(H,23,28). The average Bonchev–Trinajstić information content (AvgIpc) is 2.86. The lowest BCUT2D eigenvalue weighted by molar-refractivity contribution is -0.137. The fraction of sp³-hybridized carbons (Fsp3) is 0.444. The molecule has 28 heavy (non-hydrogen) atoms. The number of aromatic nitrogens is 2. The van der Waals surface area contributed by atoms with Crippen LogP contribution in [-0.4, -0.2) is 40.6 Å². The molecule has 2 heterocycles. The van der Waals surface area contributed by atoms with E-state index in [2.05, 4.69) is 4.98 Å². The second-order valence-electron chi connectivity index (χ2n) is 6.78. The number of rotatable bonds is 3. The molecule has 0 saturated carbocycles. The normalized spacial score (nSPS) is 16.2. The summed E-state index contributed by atoms with van der Waals surface area (Å²) in [5.41, 5.74) is -1.83. The van der Waals surface area contributed by atoms with Gasteiger partial charge in [-0.25, -0.2) is 9.18 Å². The van der Waals surface area contributed by atoms with Crippen LogP contribution in [0.25, 0.3) is 0 Å². The van der Waals surface area contributed by atoms with E-state index >= 15 is 0 Å². The molecule has 0 unspecified atom stereocenters. The van der Waals surface area contributed by atoms with Gasteiger partial charge in [0, 0.05) is 51.4 Å². The molecule has 10 heteroatoms. The summed E-state index contributed by atoms with van der Waals surface area (Å²) < 4.78 is 53.6. The van der Waals surface area contributed by atoms with Gasteiger partial charge in [0.05, 0.1) is 5.56 Å². The molecular formula is C18H20F4N4O2. The van der Waals surface area contributed by atoms with Gasteiger partial charge in [0.25, 0.3) is 5.56 Å². The number of anilines is 1. The Bertz CT molecular complexity index is 936. The van der Waals surface area contributed by atoms with Crippen LogP contribution in [-0.2, 0) is 19.8 Å². The van der Waals surface area contributed by atoms with E-state index in [0.29, 0.717) is 38.4 Å². The maximum Gasteiger partial charge on any atom is 0.416 e. The largest absolute Gasteiger partial charge is 0.416 e. The van der Waals surface area contributed by atoms with Crippen LogP contribution in [0.3, 0.4) is 0 Å². The number of H-pyrrole nitrogens is 1. The molecule has 1 aliphatic rings. The number of halogens is 4. The highest BCUT2D eigenvalue weighted by Crippen LogP contribution is 2.30. The Balaban J connectivity index is 1.73. The molecule has 1 aliphatic heterocycles. The number of alkyl halides is 3. The number of aromatic amines is 1. The second kappa shape index (κ2) is 7.78. The first kappa shape index (κ1) is 20.1. The van der Waals surface area contributed by atoms with E-state index in [0.717, 1.165) is 22.8 Å². The second-order valence-corrected chi connectivity index (χ2v) is 6.78. The van der Waals surface area contributed by atoms with E-state index in [1.54, 1.807) is 0 Å². The fourth-order valence-electron chi connectivity index (χ4n) is 3.20. The van der Waals surface area contributed by atoms with Gasteiger partial charge < -0.3 is 4.90 Å². The summed E-state index contributed by atoms with van der Waals surface area (Å²) in [6.45, 7) is 2.07. The molecule has 1 aromatic heterocycles. The maximum absolute atomic E-state index is 14.0. The van der Waals surface area contributed by atoms with Crippen molar-refractivity contribution in [1.82, 2.24) is 14.5 Å². The SMILES string of the molecule is Cn1c(=O)cc(N2CCCN(Cc3cc(C(F)(F)F)ccc3F)CC2)[nH]c1=O. The maximum atomic E-state index is 14.0. The summed E-state index contributed by atoms with van der Waals surface area (Å²) in [5.74, 6) is -0.273. The molecule has 152 valence electrons. The Labute approximate surface area is 158 Å². The van der Waals surface area contributed by atoms with Crippen molar-refractivity contribution < 1.29 is 17.6 Å². The van der Waals surface area contributed by atoms with Gasteiger partial charge in [-0.05, 0) is 24.6 Å². The summed E-state index contributed by atoms with van der Waals surface area (Å²) in [6.07, 6.45) is -3.87. The Kier molecular flexibility index (Phi) is 5.59. The first-order valence-corrected chi connectivity index (χ1v) is 8.78. The molecule has 1 fully saturated rings. The van der Waals surface area contributed by atoms with Gasteiger partial charge in [-0.2, -0.15) is 13.2 Å². The Morgan fingerprint density at radius 2 is 1.82 bits per heavy atom. The predicted octanol–water partition coefficient (Wildman–Crippen LogP) is 1.94. The molecule has 0 amide bonds. The van der Waals surface area contributed by atoms with Crippen molar-refractivity contribution in [3.8, 4) is 0 Å². The lowest BCUT2D eigenvalue weighted by atomic mass is 10.1. The summed E-state index contributed by atoms with van der Waals surface area (Å²) in [7, 11) is 1.37. The first-order valence-electron chi connectivity index (χ1n) is 8.78. The van der Waals surface area contributed by atoms with E-state index in [4.69, 9.17) is 0 Å². The van der Waals surface area contributed by atoms with Gasteiger partial charge >= 0.3 is 11.9 Å². The van der Waals surface area contributed by atoms with Crippen LogP contribution in [0.15, 0.2) is 33.9 Å². The molecule has 0 atom stereocenters. The van der Waals surface area contributed by atoms with Gasteiger partial charge in [0.1, 0.15) is 11.6 Å². The predicted molar refractivity (Wildman–Crippen MR) is 95.8 cm³/mol. The van der Waals surface area contributed by atoms with Crippen molar-refractivity contribution in [1.29, 1.82) is 0 Å². The lowest BCUT2D eigenvalue weighted by Crippen LogP contribution is -2.37. The van der Waals surface area contributed by atoms with Gasteiger partial charge in [0.15, 0.2) is 0 Å². The number of hydrogen-bond donors (Lipinski definition) is 1. The lowest BCUT2D eigenvalue weighted by Gasteiger charge is -2.23. The third kappa shape index (κ3) is 4.44. The summed E-state index contributed by atoms with van der Waals surface area (Å²) in [6, 6.07) is 3.75. The molecular weight excluding hydrogens is 380 g/mol. The van der Waals surface area contributed by atoms with Crippen molar-refractivity contribution in [3.63, 3.8) is 0 Å². The monoisotopic (exact) mass is 400 g/mol. The van der Waals surface area contributed by atoms with E-state index in [-0.39, 0.29) is 12.1 Å². The molecule has 1 N–H and O–H groups in total. The van der Waals surface area contributed by atoms with Crippen LogP contribution >= 0.6 is 0 Å². The van der Waals surface area contributed by atoms with Crippen molar-refractivity contribution in [2.75, 3.05) is 31.1 Å². The highest BCUT2D eigenvalue weighted by molar-refractivity contribution is 5.37. The zero-order valence-electron chi connectivity index (χ0n) is 15.2. The van der Waals surface area contributed by atoms with Crippen LogP contribution in [0, 0.1) is 5.82 Å². The van der Waals surface area contributed by atoms with Crippen LogP contribution < -0.4 is 16.1 Å². The molecule has 0 spiro atoms. The van der Waals surface area contributed by atoms with Crippen LogP contribution in [0.1, 0.15) is 17.5 Å². The molecule has 0 aliphatic carbocycles. The Morgan fingerprint density at radius 3 is 2.50 bits per heavy atom. The van der Waals surface area contributed by atoms with Gasteiger partial charge in [-0.3, -0.25) is 19.2 Å². The molecule has 2 aromatic rings. The van der Waals surface area contributed by atoms with E-state index < -0.39 is 28.8 Å². The number of hydrogen-bond acceptors (Lipinski definition) is 4. The van der Waals surface area contributed by atoms with Crippen molar-refractivity contribution in [3.05, 3.63) is 62.0 Å². The van der Waals surface area contributed by atoms with E-state index in [1.165, 1.54) is 13.1 Å². The smallest absolute Gasteiger partial charge is 0.357 e. The minimum Gasteiger partial charge on any atom is -0.357 e. The van der Waals surface area contributed by atoms with Gasteiger partial charge in [-0.15, -0.1) is 0 Å². The minimum absolute atomic E-state index is 0.00902. The number of benzene rings is 1. The Morgan fingerprint density at radius 1 is 1.07 bits per heavy atom. The molecule has 0 radical (unpaired) electrons. The number of nitrogens with zero attached hydrogens (tertiary/aromatic N) is 3. The highest BCUT2D eigenvalue weighted by atomic mass is 19.4. The fourth-order valence-corrected chi connectivity index (χ4v) is 3.20. The highest BCUT2D eigenvalue weighted by Gasteiger charge is 2.31. The van der Waals surface area contributed by atoms with Crippen LogP contribution in [0.4, 0.5) is 23.4 Å². The van der Waals surface area contributed by atoms with Crippen molar-refractivity contribution in [2.24, 2.45) is 7.05 Å². The molecule has 0 bridgehead atoms. The Hall–Kier alpha value is -2.62. The average molecular weight is 400 g/mol. The quantitative estimate of drug-likeness (QED) is 0.801. The molecule has 1 saturated heterocycles. The summed E-state index contributed by atoms with van der Waals surface area (Å²) >= 11 is 0. The zero-order valence-corrected chi connectivity index (χ0v) is 15.2. The van der Waals surface area contributed by atoms with E-state index in [1.807, 2.05) is 9.80 Å². The first-order chi connectivity index (χ1) is 13.1. The summed E-state index contributed by atoms with van der Waals surface area (Å²) in [5, 5.41) is 0. The van der Waals surface area contributed by atoms with Crippen molar-refractivity contribution in [2.45, 2.75) is 19.1 Å². The molecule has 6 nitrogen and oxygen atoms in total. The minimum atomic E-state index is -4.52. The number of nitrogens with one attached hydrogen (secondary N) is 1. The van der Waals surface area contributed by atoms with Crippen LogP contribution in [0.2, 0.25) is 0 Å². The molecule has 1 aromatic carbocycles. The third-order valence-corrected chi connectivity index (χ3v) is 4.83. The van der Waals surface area contributed by atoms with Gasteiger partial charge in [0.2, 0.25) is 0 Å². The van der Waals surface area contributed by atoms with Crippen LogP contribution in [0.5, 0.6) is 0 Å². The van der Waals surface area contributed by atoms with Gasteiger partial charge in [-0.1, -0.05) is 0 Å². The topological polar surface area (TPSA) is 61.3 Å².